The molecule has 23 heavy (non-hydrogen) atoms. The van der Waals surface area contributed by atoms with Crippen LogP contribution in [0, 0.1) is 0 Å². The molecule has 3 heterocycles. The van der Waals surface area contributed by atoms with Crippen LogP contribution in [0.25, 0.3) is 0 Å². The summed E-state index contributed by atoms with van der Waals surface area (Å²) in [5.74, 6) is 0.393. The molecule has 0 atom stereocenters. The monoisotopic (exact) mass is 330 g/mol. The smallest absolute Gasteiger partial charge is 0.381 e. The summed E-state index contributed by atoms with van der Waals surface area (Å²) in [5.41, 5.74) is -0.837. The Hall–Kier alpha value is -1.34. The Kier molecular flexibility index (Phi) is 5.06. The summed E-state index contributed by atoms with van der Waals surface area (Å²) in [6, 6.07) is 4.05. The van der Waals surface area contributed by atoms with Crippen molar-refractivity contribution < 1.29 is 22.6 Å². The minimum atomic E-state index is -4.40. The van der Waals surface area contributed by atoms with Crippen LogP contribution < -0.4 is 4.90 Å². The van der Waals surface area contributed by atoms with Gasteiger partial charge in [-0.25, -0.2) is 4.98 Å². The number of ether oxygens (including phenoxy) is 2. The number of pyridine rings is 1. The van der Waals surface area contributed by atoms with E-state index in [0.717, 1.165) is 45.0 Å². The zero-order valence-corrected chi connectivity index (χ0v) is 12.9. The Labute approximate surface area is 133 Å². The fourth-order valence-corrected chi connectivity index (χ4v) is 3.06. The van der Waals surface area contributed by atoms with Crippen molar-refractivity contribution >= 4 is 5.82 Å². The predicted molar refractivity (Wildman–Crippen MR) is 79.4 cm³/mol. The van der Waals surface area contributed by atoms with Gasteiger partial charge in [-0.1, -0.05) is 6.07 Å². The fourth-order valence-electron chi connectivity index (χ4n) is 3.06. The van der Waals surface area contributed by atoms with Gasteiger partial charge in [0.25, 0.3) is 0 Å². The van der Waals surface area contributed by atoms with E-state index in [-0.39, 0.29) is 12.2 Å². The summed E-state index contributed by atoms with van der Waals surface area (Å²) < 4.78 is 49.6. The molecule has 0 unspecified atom stereocenters. The molecule has 0 aromatic carbocycles. The molecule has 0 spiro atoms. The number of nitrogens with zero attached hydrogens (tertiary/aromatic N) is 2. The van der Waals surface area contributed by atoms with Gasteiger partial charge in [0.15, 0.2) is 0 Å². The highest BCUT2D eigenvalue weighted by molar-refractivity contribution is 5.40. The predicted octanol–water partition coefficient (Wildman–Crippen LogP) is 3.26. The number of rotatable bonds is 3. The first-order chi connectivity index (χ1) is 11.0. The molecule has 3 rings (SSSR count). The van der Waals surface area contributed by atoms with E-state index in [1.807, 2.05) is 4.90 Å². The van der Waals surface area contributed by atoms with Gasteiger partial charge in [-0.15, -0.1) is 0 Å². The molecule has 1 aromatic heterocycles. The van der Waals surface area contributed by atoms with E-state index >= 15 is 0 Å². The minimum Gasteiger partial charge on any atom is -0.381 e. The highest BCUT2D eigenvalue weighted by atomic mass is 19.4. The first-order valence-electron chi connectivity index (χ1n) is 8.05. The third-order valence-corrected chi connectivity index (χ3v) is 4.34. The summed E-state index contributed by atoms with van der Waals surface area (Å²) in [4.78, 5) is 5.65. The van der Waals surface area contributed by atoms with Gasteiger partial charge in [-0.05, 0) is 37.8 Å². The molecule has 2 aliphatic rings. The Morgan fingerprint density at radius 3 is 2.35 bits per heavy atom. The van der Waals surface area contributed by atoms with Gasteiger partial charge in [0, 0.05) is 26.3 Å². The van der Waals surface area contributed by atoms with Gasteiger partial charge in [0.1, 0.15) is 11.5 Å². The SMILES string of the molecule is FC(F)(F)c1cccc(N2CCC(OC3CCOCC3)CC2)n1. The molecule has 0 N–H and O–H groups in total. The van der Waals surface area contributed by atoms with Crippen LogP contribution in [-0.2, 0) is 15.7 Å². The number of hydrogen-bond acceptors (Lipinski definition) is 4. The molecule has 2 aliphatic heterocycles. The normalized spacial score (nSPS) is 21.6. The van der Waals surface area contributed by atoms with E-state index in [1.165, 1.54) is 6.07 Å². The maximum Gasteiger partial charge on any atom is 0.433 e. The lowest BCUT2D eigenvalue weighted by atomic mass is 10.1. The van der Waals surface area contributed by atoms with Crippen molar-refractivity contribution in [2.24, 2.45) is 0 Å². The number of piperidine rings is 1. The van der Waals surface area contributed by atoms with Gasteiger partial charge in [-0.2, -0.15) is 13.2 Å². The lowest BCUT2D eigenvalue weighted by molar-refractivity contribution is -0.141. The molecule has 128 valence electrons. The van der Waals surface area contributed by atoms with Crippen molar-refractivity contribution in [1.82, 2.24) is 4.98 Å². The Bertz CT molecular complexity index is 510. The van der Waals surface area contributed by atoms with E-state index in [1.54, 1.807) is 6.07 Å². The topological polar surface area (TPSA) is 34.6 Å². The van der Waals surface area contributed by atoms with Crippen molar-refractivity contribution in [3.8, 4) is 0 Å². The second-order valence-electron chi connectivity index (χ2n) is 6.01. The molecule has 2 fully saturated rings. The second-order valence-corrected chi connectivity index (χ2v) is 6.01. The lowest BCUT2D eigenvalue weighted by Gasteiger charge is -2.35. The minimum absolute atomic E-state index is 0.181. The molecule has 0 radical (unpaired) electrons. The van der Waals surface area contributed by atoms with Crippen molar-refractivity contribution in [3.63, 3.8) is 0 Å². The standard InChI is InChI=1S/C16H21F3N2O2/c17-16(18,19)14-2-1-3-15(20-14)21-8-4-12(5-9-21)23-13-6-10-22-11-7-13/h1-3,12-13H,4-11H2. The molecule has 7 heteroatoms. The van der Waals surface area contributed by atoms with E-state index in [0.29, 0.717) is 18.9 Å². The highest BCUT2D eigenvalue weighted by Crippen LogP contribution is 2.30. The second kappa shape index (κ2) is 7.05. The molecule has 0 saturated carbocycles. The number of anilines is 1. The van der Waals surface area contributed by atoms with E-state index < -0.39 is 11.9 Å². The molecule has 0 aliphatic carbocycles. The Balaban J connectivity index is 1.54. The summed E-state index contributed by atoms with van der Waals surface area (Å²) >= 11 is 0. The average molecular weight is 330 g/mol. The lowest BCUT2D eigenvalue weighted by Crippen LogP contribution is -2.40. The van der Waals surface area contributed by atoms with Crippen LogP contribution in [0.5, 0.6) is 0 Å². The van der Waals surface area contributed by atoms with E-state index in [9.17, 15) is 13.2 Å². The van der Waals surface area contributed by atoms with Crippen molar-refractivity contribution in [2.75, 3.05) is 31.2 Å². The molecule has 0 bridgehead atoms. The maximum absolute atomic E-state index is 12.7. The van der Waals surface area contributed by atoms with Crippen LogP contribution in [-0.4, -0.2) is 43.5 Å². The van der Waals surface area contributed by atoms with Crippen LogP contribution in [0.15, 0.2) is 18.2 Å². The van der Waals surface area contributed by atoms with E-state index in [4.69, 9.17) is 9.47 Å². The number of halogens is 3. The van der Waals surface area contributed by atoms with Crippen LogP contribution in [0.2, 0.25) is 0 Å². The average Bonchev–Trinajstić information content (AvgIpc) is 2.56. The first-order valence-corrected chi connectivity index (χ1v) is 8.05. The summed E-state index contributed by atoms with van der Waals surface area (Å²) in [6.45, 7) is 2.83. The first kappa shape index (κ1) is 16.5. The van der Waals surface area contributed by atoms with Crippen LogP contribution in [0.3, 0.4) is 0 Å². The summed E-state index contributed by atoms with van der Waals surface area (Å²) in [7, 11) is 0. The zero-order valence-electron chi connectivity index (χ0n) is 12.9. The van der Waals surface area contributed by atoms with Crippen LogP contribution in [0.1, 0.15) is 31.4 Å². The maximum atomic E-state index is 12.7. The van der Waals surface area contributed by atoms with Crippen LogP contribution in [0.4, 0.5) is 19.0 Å². The molecule has 1 aromatic rings. The van der Waals surface area contributed by atoms with Crippen molar-refractivity contribution in [1.29, 1.82) is 0 Å². The summed E-state index contributed by atoms with van der Waals surface area (Å²) in [5, 5.41) is 0. The van der Waals surface area contributed by atoms with Gasteiger partial charge in [0.05, 0.1) is 12.2 Å². The molecular formula is C16H21F3N2O2. The quantitative estimate of drug-likeness (QED) is 0.852. The van der Waals surface area contributed by atoms with Gasteiger partial charge in [-0.3, -0.25) is 0 Å². The third kappa shape index (κ3) is 4.35. The van der Waals surface area contributed by atoms with Gasteiger partial charge in [0.2, 0.25) is 0 Å². The highest BCUT2D eigenvalue weighted by Gasteiger charge is 2.33. The largest absolute Gasteiger partial charge is 0.433 e. The van der Waals surface area contributed by atoms with Crippen molar-refractivity contribution in [3.05, 3.63) is 23.9 Å². The molecular weight excluding hydrogens is 309 g/mol. The van der Waals surface area contributed by atoms with Crippen molar-refractivity contribution in [2.45, 2.75) is 44.1 Å². The van der Waals surface area contributed by atoms with Gasteiger partial charge < -0.3 is 14.4 Å². The Morgan fingerprint density at radius 1 is 1.04 bits per heavy atom. The number of aromatic nitrogens is 1. The zero-order chi connectivity index (χ0) is 16.3. The van der Waals surface area contributed by atoms with E-state index in [2.05, 4.69) is 4.98 Å². The number of hydrogen-bond donors (Lipinski definition) is 0. The fraction of sp³-hybridized carbons (Fsp3) is 0.688. The summed E-state index contributed by atoms with van der Waals surface area (Å²) in [6.07, 6.45) is -0.484. The van der Waals surface area contributed by atoms with Gasteiger partial charge >= 0.3 is 6.18 Å². The van der Waals surface area contributed by atoms with Crippen LogP contribution >= 0.6 is 0 Å². The third-order valence-electron chi connectivity index (χ3n) is 4.34. The number of alkyl halides is 3. The molecule has 4 nitrogen and oxygen atoms in total. The Morgan fingerprint density at radius 2 is 1.70 bits per heavy atom. The molecule has 0 amide bonds. The molecule has 2 saturated heterocycles.